The number of nitrogens with one attached hydrogen (secondary N) is 1. The molecule has 0 spiro atoms. The first-order chi connectivity index (χ1) is 19.7. The van der Waals surface area contributed by atoms with E-state index in [0.29, 0.717) is 0 Å². The average molecular weight is 555 g/mol. The molecule has 3 heterocycles. The molecule has 3 aromatic rings. The van der Waals surface area contributed by atoms with Crippen LogP contribution in [0.1, 0.15) is 75.8 Å². The van der Waals surface area contributed by atoms with Crippen molar-refractivity contribution in [3.05, 3.63) is 83.1 Å². The zero-order chi connectivity index (χ0) is 28.6. The van der Waals surface area contributed by atoms with Crippen LogP contribution >= 0.6 is 0 Å². The molecule has 41 heavy (non-hydrogen) atoms. The second kappa shape index (κ2) is 11.1. The SMILES string of the molecule is CC1(C)OB(C(=Cc2cnn([C@@H]3CCCCO3)c2)CNC(=O)OCC2c3ccccc3-c3ccccc32)OC1(C)C. The van der Waals surface area contributed by atoms with E-state index in [1.165, 1.54) is 22.3 Å². The maximum absolute atomic E-state index is 13.0. The number of amides is 1. The first-order valence-corrected chi connectivity index (χ1v) is 14.5. The molecule has 0 saturated carbocycles. The number of ether oxygens (including phenoxy) is 2. The van der Waals surface area contributed by atoms with Gasteiger partial charge in [-0.25, -0.2) is 9.48 Å². The zero-order valence-electron chi connectivity index (χ0n) is 24.3. The van der Waals surface area contributed by atoms with Crippen molar-refractivity contribution in [3.63, 3.8) is 0 Å². The number of alkyl carbamates (subject to hydrolysis) is 1. The Balaban J connectivity index is 1.16. The molecule has 1 aromatic heterocycles. The summed E-state index contributed by atoms with van der Waals surface area (Å²) >= 11 is 0. The lowest BCUT2D eigenvalue weighted by molar-refractivity contribution is -0.0394. The number of carbonyl (C=O) groups excluding carboxylic acids is 1. The van der Waals surface area contributed by atoms with Gasteiger partial charge in [-0.15, -0.1) is 0 Å². The van der Waals surface area contributed by atoms with Crippen molar-refractivity contribution in [1.82, 2.24) is 15.1 Å². The summed E-state index contributed by atoms with van der Waals surface area (Å²) < 4.78 is 26.2. The summed E-state index contributed by atoms with van der Waals surface area (Å²) in [4.78, 5) is 13.0. The van der Waals surface area contributed by atoms with Crippen LogP contribution in [-0.2, 0) is 18.8 Å². The quantitative estimate of drug-likeness (QED) is 0.353. The fourth-order valence-electron chi connectivity index (χ4n) is 5.75. The zero-order valence-corrected chi connectivity index (χ0v) is 24.3. The van der Waals surface area contributed by atoms with Crippen molar-refractivity contribution in [2.45, 2.75) is 70.3 Å². The molecule has 1 aliphatic carbocycles. The molecule has 0 unspecified atom stereocenters. The van der Waals surface area contributed by atoms with Crippen molar-refractivity contribution in [3.8, 4) is 11.1 Å². The lowest BCUT2D eigenvalue weighted by Gasteiger charge is -2.32. The molecule has 1 N–H and O–H groups in total. The van der Waals surface area contributed by atoms with E-state index in [0.717, 1.165) is 36.9 Å². The highest BCUT2D eigenvalue weighted by atomic mass is 16.7. The largest absolute Gasteiger partial charge is 0.492 e. The van der Waals surface area contributed by atoms with Crippen molar-refractivity contribution < 1.29 is 23.6 Å². The van der Waals surface area contributed by atoms with Crippen LogP contribution in [0.2, 0.25) is 0 Å². The number of hydrogen-bond acceptors (Lipinski definition) is 6. The Morgan fingerprint density at radius 1 is 1.05 bits per heavy atom. The summed E-state index contributed by atoms with van der Waals surface area (Å²) in [5.41, 5.74) is 5.39. The molecule has 214 valence electrons. The second-order valence-electron chi connectivity index (χ2n) is 12.1. The van der Waals surface area contributed by atoms with Crippen molar-refractivity contribution in [2.75, 3.05) is 19.8 Å². The van der Waals surface area contributed by atoms with Gasteiger partial charge >= 0.3 is 13.2 Å². The van der Waals surface area contributed by atoms with E-state index in [-0.39, 0.29) is 25.3 Å². The molecule has 2 saturated heterocycles. The molecule has 1 atom stereocenters. The Kier molecular flexibility index (Phi) is 7.53. The molecule has 8 nitrogen and oxygen atoms in total. The molecule has 2 fully saturated rings. The van der Waals surface area contributed by atoms with E-state index in [2.05, 4.69) is 34.7 Å². The summed E-state index contributed by atoms with van der Waals surface area (Å²) in [6.45, 7) is 9.27. The fourth-order valence-corrected chi connectivity index (χ4v) is 5.75. The third-order valence-corrected chi connectivity index (χ3v) is 8.76. The van der Waals surface area contributed by atoms with E-state index >= 15 is 0 Å². The molecule has 0 radical (unpaired) electrons. The third kappa shape index (κ3) is 5.58. The number of nitrogens with zero attached hydrogens (tertiary/aromatic N) is 2. The van der Waals surface area contributed by atoms with Crippen LogP contribution in [-0.4, -0.2) is 54.0 Å². The fraction of sp³-hybridized carbons (Fsp3) is 0.438. The van der Waals surface area contributed by atoms with E-state index in [4.69, 9.17) is 18.8 Å². The maximum atomic E-state index is 13.0. The molecule has 3 aliphatic rings. The van der Waals surface area contributed by atoms with Gasteiger partial charge in [0.1, 0.15) is 12.8 Å². The highest BCUT2D eigenvalue weighted by Gasteiger charge is 2.52. The summed E-state index contributed by atoms with van der Waals surface area (Å²) in [5.74, 6) is -0.000829. The minimum absolute atomic E-state index is 0.000829. The van der Waals surface area contributed by atoms with E-state index in [1.807, 2.05) is 68.9 Å². The number of fused-ring (bicyclic) bond motifs is 3. The molecule has 0 bridgehead atoms. The van der Waals surface area contributed by atoms with Crippen LogP contribution in [0.3, 0.4) is 0 Å². The Hall–Kier alpha value is -3.40. The topological polar surface area (TPSA) is 83.8 Å². The van der Waals surface area contributed by atoms with Crippen molar-refractivity contribution in [2.24, 2.45) is 0 Å². The first-order valence-electron chi connectivity index (χ1n) is 14.5. The van der Waals surface area contributed by atoms with Gasteiger partial charge in [0.15, 0.2) is 0 Å². The van der Waals surface area contributed by atoms with Crippen LogP contribution in [0, 0.1) is 0 Å². The van der Waals surface area contributed by atoms with Crippen LogP contribution in [0.5, 0.6) is 0 Å². The van der Waals surface area contributed by atoms with Gasteiger partial charge in [-0.2, -0.15) is 5.10 Å². The number of aromatic nitrogens is 2. The molecule has 2 aliphatic heterocycles. The normalized spacial score (nSPS) is 21.4. The van der Waals surface area contributed by atoms with Gasteiger partial charge in [0.2, 0.25) is 0 Å². The van der Waals surface area contributed by atoms with E-state index < -0.39 is 24.4 Å². The van der Waals surface area contributed by atoms with Gasteiger partial charge in [-0.1, -0.05) is 54.6 Å². The monoisotopic (exact) mass is 555 g/mol. The number of benzene rings is 2. The molecule has 9 heteroatoms. The van der Waals surface area contributed by atoms with Crippen molar-refractivity contribution in [1.29, 1.82) is 0 Å². The van der Waals surface area contributed by atoms with Gasteiger partial charge in [0.25, 0.3) is 0 Å². The molecule has 1 amide bonds. The average Bonchev–Trinajstić information content (AvgIpc) is 3.62. The minimum atomic E-state index is -0.622. The standard InChI is InChI=1S/C32H38BN3O5/c1-31(2)32(3,4)41-33(40-31)23(17-22-18-35-36(20-22)29-15-9-10-16-38-29)19-34-30(37)39-21-28-26-13-7-5-11-24(26)25-12-6-8-14-27(25)28/h5-8,11-14,17-18,20,28-29H,9-10,15-16,19,21H2,1-4H3,(H,34,37)/t29-/m0/s1. The maximum Gasteiger partial charge on any atom is 0.492 e. The molecule has 6 rings (SSSR count). The number of rotatable bonds is 7. The van der Waals surface area contributed by atoms with Gasteiger partial charge in [-0.3, -0.25) is 0 Å². The Morgan fingerprint density at radius 3 is 2.34 bits per heavy atom. The number of carbonyl (C=O) groups is 1. The molecular weight excluding hydrogens is 517 g/mol. The van der Waals surface area contributed by atoms with Gasteiger partial charge in [0.05, 0.1) is 17.4 Å². The first kappa shape index (κ1) is 27.8. The minimum Gasteiger partial charge on any atom is -0.449 e. The summed E-state index contributed by atoms with van der Waals surface area (Å²) in [7, 11) is -0.622. The lowest BCUT2D eigenvalue weighted by atomic mass is 9.77. The van der Waals surface area contributed by atoms with Gasteiger partial charge in [-0.05, 0) is 74.7 Å². The third-order valence-electron chi connectivity index (χ3n) is 8.76. The smallest absolute Gasteiger partial charge is 0.449 e. The predicted octanol–water partition coefficient (Wildman–Crippen LogP) is 6.14. The molecule has 2 aromatic carbocycles. The molecular formula is C32H38BN3O5. The second-order valence-corrected chi connectivity index (χ2v) is 12.1. The highest BCUT2D eigenvalue weighted by molar-refractivity contribution is 6.56. The van der Waals surface area contributed by atoms with Crippen LogP contribution in [0.25, 0.3) is 17.2 Å². The summed E-state index contributed by atoms with van der Waals surface area (Å²) in [6, 6.07) is 16.6. The van der Waals surface area contributed by atoms with Crippen molar-refractivity contribution >= 4 is 19.3 Å². The highest BCUT2D eigenvalue weighted by Crippen LogP contribution is 2.44. The Bertz CT molecular complexity index is 1380. The Morgan fingerprint density at radius 2 is 1.71 bits per heavy atom. The summed E-state index contributed by atoms with van der Waals surface area (Å²) in [5, 5.41) is 7.47. The van der Waals surface area contributed by atoms with E-state index in [9.17, 15) is 4.79 Å². The van der Waals surface area contributed by atoms with Gasteiger partial charge in [0, 0.05) is 30.8 Å². The number of hydrogen-bond donors (Lipinski definition) is 1. The lowest BCUT2D eigenvalue weighted by Crippen LogP contribution is -2.41. The van der Waals surface area contributed by atoms with Crippen LogP contribution in [0.15, 0.2) is 66.4 Å². The van der Waals surface area contributed by atoms with Crippen LogP contribution < -0.4 is 5.32 Å². The van der Waals surface area contributed by atoms with Crippen LogP contribution in [0.4, 0.5) is 4.79 Å². The summed E-state index contributed by atoms with van der Waals surface area (Å²) in [6.07, 6.45) is 8.35. The Labute approximate surface area is 242 Å². The van der Waals surface area contributed by atoms with E-state index in [1.54, 1.807) is 6.20 Å². The predicted molar refractivity (Wildman–Crippen MR) is 158 cm³/mol. The van der Waals surface area contributed by atoms with Gasteiger partial charge < -0.3 is 24.1 Å².